The highest BCUT2D eigenvalue weighted by molar-refractivity contribution is 7.89. The van der Waals surface area contributed by atoms with Crippen molar-refractivity contribution in [2.24, 2.45) is 0 Å². The number of nitrogens with one attached hydrogen (secondary N) is 3. The number of fused-ring (bicyclic) bond motifs is 3. The molecule has 0 radical (unpaired) electrons. The summed E-state index contributed by atoms with van der Waals surface area (Å²) in [6.45, 7) is 1.39. The minimum absolute atomic E-state index is 0. The van der Waals surface area contributed by atoms with Gasteiger partial charge in [-0.15, -0.1) is 12.4 Å². The lowest BCUT2D eigenvalue weighted by Crippen LogP contribution is -2.42. The summed E-state index contributed by atoms with van der Waals surface area (Å²) < 4.78 is 29.0. The molecule has 1 aliphatic heterocycles. The smallest absolute Gasteiger partial charge is 0.303 e. The summed E-state index contributed by atoms with van der Waals surface area (Å²) in [6, 6.07) is 5.08. The van der Waals surface area contributed by atoms with E-state index in [9.17, 15) is 18.0 Å². The van der Waals surface area contributed by atoms with Gasteiger partial charge in [-0.2, -0.15) is 4.31 Å². The number of rotatable bonds is 9. The highest BCUT2D eigenvalue weighted by atomic mass is 35.5. The van der Waals surface area contributed by atoms with Crippen molar-refractivity contribution in [3.05, 3.63) is 40.3 Å². The molecule has 4 N–H and O–H groups in total. The molecule has 1 aliphatic carbocycles. The lowest BCUT2D eigenvalue weighted by atomic mass is 10.0. The van der Waals surface area contributed by atoms with Crippen LogP contribution in [0.1, 0.15) is 44.1 Å². The Morgan fingerprint density at radius 1 is 1.21 bits per heavy atom. The second kappa shape index (κ2) is 9.69. The van der Waals surface area contributed by atoms with Crippen LogP contribution in [0.5, 0.6) is 0 Å². The molecule has 0 spiro atoms. The first-order valence-electron chi connectivity index (χ1n) is 11.5. The van der Waals surface area contributed by atoms with Crippen molar-refractivity contribution >= 4 is 50.2 Å². The zero-order valence-corrected chi connectivity index (χ0v) is 20.3. The molecule has 0 bridgehead atoms. The van der Waals surface area contributed by atoms with Crippen molar-refractivity contribution in [1.82, 2.24) is 19.6 Å². The van der Waals surface area contributed by atoms with Crippen molar-refractivity contribution in [3.63, 3.8) is 0 Å². The third kappa shape index (κ3) is 4.72. The molecule has 2 aliphatic rings. The fourth-order valence-electron chi connectivity index (χ4n) is 4.83. The number of aryl methyl sites for hydroxylation is 1. The summed E-state index contributed by atoms with van der Waals surface area (Å²) in [6.07, 6.45) is 6.43. The Morgan fingerprint density at radius 2 is 2.00 bits per heavy atom. The van der Waals surface area contributed by atoms with E-state index in [1.165, 1.54) is 0 Å². The number of H-pyrrole nitrogens is 2. The molecule has 5 rings (SSSR count). The molecule has 0 amide bonds. The number of halogens is 1. The molecular weight excluding hydrogens is 480 g/mol. The Hall–Kier alpha value is -2.40. The van der Waals surface area contributed by atoms with E-state index in [4.69, 9.17) is 5.11 Å². The Kier molecular flexibility index (Phi) is 7.04. The number of aliphatic carboxylic acids is 1. The van der Waals surface area contributed by atoms with E-state index in [0.29, 0.717) is 41.2 Å². The van der Waals surface area contributed by atoms with Gasteiger partial charge in [0.25, 0.3) is 5.56 Å². The first-order valence-corrected chi connectivity index (χ1v) is 12.9. The fourth-order valence-corrected chi connectivity index (χ4v) is 6.59. The normalized spacial score (nSPS) is 18.6. The SMILES string of the molecule is Cl.O=C(O)CCCc1c[nH]c2c(=O)[nH]c3ccc(S(=O)(=O)N(C[C@@H]4CCCN4)C4CC4)cc3c12. The van der Waals surface area contributed by atoms with E-state index in [-0.39, 0.29) is 41.4 Å². The topological polar surface area (TPSA) is 135 Å². The number of nitrogens with zero attached hydrogens (tertiary/aromatic N) is 1. The lowest BCUT2D eigenvalue weighted by molar-refractivity contribution is -0.137. The third-order valence-corrected chi connectivity index (χ3v) is 8.57. The Bertz CT molecular complexity index is 1370. The first-order chi connectivity index (χ1) is 15.8. The van der Waals surface area contributed by atoms with Gasteiger partial charge in [0.2, 0.25) is 10.0 Å². The molecule has 1 saturated heterocycles. The summed E-state index contributed by atoms with van der Waals surface area (Å²) >= 11 is 0. The highest BCUT2D eigenvalue weighted by Crippen LogP contribution is 2.34. The van der Waals surface area contributed by atoms with Crippen LogP contribution in [-0.2, 0) is 21.2 Å². The summed E-state index contributed by atoms with van der Waals surface area (Å²) in [5.41, 5.74) is 1.45. The highest BCUT2D eigenvalue weighted by Gasteiger charge is 2.39. The van der Waals surface area contributed by atoms with Crippen LogP contribution in [0.2, 0.25) is 0 Å². The number of hydrogen-bond acceptors (Lipinski definition) is 5. The quantitative estimate of drug-likeness (QED) is 0.351. The molecule has 2 aromatic heterocycles. The van der Waals surface area contributed by atoms with Gasteiger partial charge >= 0.3 is 5.97 Å². The Balaban J connectivity index is 0.00000274. The maximum absolute atomic E-state index is 13.7. The minimum atomic E-state index is -3.71. The molecule has 34 heavy (non-hydrogen) atoms. The van der Waals surface area contributed by atoms with Crippen LogP contribution < -0.4 is 10.9 Å². The predicted molar refractivity (Wildman–Crippen MR) is 132 cm³/mol. The largest absolute Gasteiger partial charge is 0.481 e. The molecule has 9 nitrogen and oxygen atoms in total. The monoisotopic (exact) mass is 508 g/mol. The van der Waals surface area contributed by atoms with Gasteiger partial charge in [0.05, 0.1) is 4.90 Å². The van der Waals surface area contributed by atoms with Crippen LogP contribution >= 0.6 is 12.4 Å². The van der Waals surface area contributed by atoms with E-state index >= 15 is 0 Å². The van der Waals surface area contributed by atoms with Crippen LogP contribution in [0.25, 0.3) is 21.8 Å². The lowest BCUT2D eigenvalue weighted by Gasteiger charge is -2.25. The Morgan fingerprint density at radius 3 is 2.68 bits per heavy atom. The molecule has 11 heteroatoms. The molecule has 1 atom stereocenters. The molecule has 1 aromatic carbocycles. The fraction of sp³-hybridized carbons (Fsp3) is 0.478. The van der Waals surface area contributed by atoms with Gasteiger partial charge in [0, 0.05) is 47.5 Å². The van der Waals surface area contributed by atoms with Crippen molar-refractivity contribution in [2.75, 3.05) is 13.1 Å². The summed E-state index contributed by atoms with van der Waals surface area (Å²) in [7, 11) is -3.71. The van der Waals surface area contributed by atoms with Crippen LogP contribution in [0.15, 0.2) is 34.1 Å². The van der Waals surface area contributed by atoms with Crippen LogP contribution in [0.4, 0.5) is 0 Å². The number of benzene rings is 1. The predicted octanol–water partition coefficient (Wildman–Crippen LogP) is 2.74. The van der Waals surface area contributed by atoms with Crippen molar-refractivity contribution < 1.29 is 18.3 Å². The Labute approximate surface area is 203 Å². The number of aromatic amines is 2. The van der Waals surface area contributed by atoms with Gasteiger partial charge < -0.3 is 20.4 Å². The molecule has 3 heterocycles. The van der Waals surface area contributed by atoms with E-state index in [1.54, 1.807) is 28.7 Å². The number of carbonyl (C=O) groups is 1. The van der Waals surface area contributed by atoms with Gasteiger partial charge in [0.15, 0.2) is 0 Å². The average molecular weight is 509 g/mol. The molecule has 184 valence electrons. The number of hydrogen-bond donors (Lipinski definition) is 4. The zero-order chi connectivity index (χ0) is 23.2. The van der Waals surface area contributed by atoms with Gasteiger partial charge in [-0.1, -0.05) is 0 Å². The summed E-state index contributed by atoms with van der Waals surface area (Å²) in [5, 5.41) is 13.7. The molecule has 1 saturated carbocycles. The zero-order valence-electron chi connectivity index (χ0n) is 18.7. The molecular formula is C23H29ClN4O5S. The summed E-state index contributed by atoms with van der Waals surface area (Å²) in [5.74, 6) is -0.872. The molecule has 3 aromatic rings. The van der Waals surface area contributed by atoms with E-state index in [0.717, 1.165) is 37.8 Å². The van der Waals surface area contributed by atoms with E-state index in [1.807, 2.05) is 0 Å². The van der Waals surface area contributed by atoms with Gasteiger partial charge in [-0.25, -0.2) is 8.42 Å². The number of carboxylic acid groups (broad SMARTS) is 1. The van der Waals surface area contributed by atoms with Gasteiger partial charge in [-0.3, -0.25) is 9.59 Å². The third-order valence-electron chi connectivity index (χ3n) is 6.66. The standard InChI is InChI=1S/C23H28N4O5S.ClH/c28-20(29)5-1-3-14-12-25-22-21(14)18-11-17(8-9-19(18)26-23(22)30)33(31,32)27(16-6-7-16)13-15-4-2-10-24-15;/h8-9,11-12,15-16,24-25H,1-7,10,13H2,(H,26,30)(H,28,29);1H/t15-;/m0./s1. The maximum Gasteiger partial charge on any atom is 0.303 e. The number of pyridine rings is 1. The van der Waals surface area contributed by atoms with Crippen molar-refractivity contribution in [1.29, 1.82) is 0 Å². The van der Waals surface area contributed by atoms with Gasteiger partial charge in [0.1, 0.15) is 5.52 Å². The van der Waals surface area contributed by atoms with Crippen molar-refractivity contribution in [3.8, 4) is 0 Å². The molecule has 2 fully saturated rings. The average Bonchev–Trinajstić information content (AvgIpc) is 3.29. The van der Waals surface area contributed by atoms with E-state index < -0.39 is 16.0 Å². The van der Waals surface area contributed by atoms with Gasteiger partial charge in [-0.05, 0) is 68.8 Å². The van der Waals surface area contributed by atoms with E-state index in [2.05, 4.69) is 15.3 Å². The van der Waals surface area contributed by atoms with Crippen LogP contribution in [0.3, 0.4) is 0 Å². The van der Waals surface area contributed by atoms with Crippen LogP contribution in [0, 0.1) is 0 Å². The number of carboxylic acids is 1. The van der Waals surface area contributed by atoms with Crippen LogP contribution in [-0.4, -0.2) is 58.9 Å². The second-order valence-corrected chi connectivity index (χ2v) is 11.0. The number of sulfonamides is 1. The molecule has 0 unspecified atom stereocenters. The van der Waals surface area contributed by atoms with Crippen molar-refractivity contribution in [2.45, 2.75) is 61.9 Å². The maximum atomic E-state index is 13.7. The second-order valence-electron chi connectivity index (χ2n) is 9.07. The summed E-state index contributed by atoms with van der Waals surface area (Å²) in [4.78, 5) is 29.5. The first kappa shape index (κ1) is 24.7. The number of aromatic nitrogens is 2. The minimum Gasteiger partial charge on any atom is -0.481 e.